The Morgan fingerprint density at radius 3 is 2.20 bits per heavy atom. The predicted molar refractivity (Wildman–Crippen MR) is 161 cm³/mol. The Labute approximate surface area is 243 Å². The molecule has 0 aromatic heterocycles. The highest BCUT2D eigenvalue weighted by Gasteiger charge is 2.33. The van der Waals surface area contributed by atoms with Gasteiger partial charge in [0.1, 0.15) is 24.1 Å². The number of ether oxygens (including phenoxy) is 2. The van der Waals surface area contributed by atoms with E-state index in [1.54, 1.807) is 43.5 Å². The van der Waals surface area contributed by atoms with Crippen LogP contribution in [0.3, 0.4) is 0 Å². The van der Waals surface area contributed by atoms with E-state index in [1.165, 1.54) is 4.90 Å². The van der Waals surface area contributed by atoms with Crippen LogP contribution in [0.2, 0.25) is 0 Å². The molecule has 0 aliphatic rings. The minimum Gasteiger partial charge on any atom is -0.497 e. The van der Waals surface area contributed by atoms with E-state index in [0.29, 0.717) is 30.3 Å². The van der Waals surface area contributed by atoms with Crippen LogP contribution in [-0.4, -0.2) is 64.2 Å². The van der Waals surface area contributed by atoms with Gasteiger partial charge < -0.3 is 19.7 Å². The number of nitrogens with zero attached hydrogens (tertiary/aromatic N) is 2. The second-order valence-electron chi connectivity index (χ2n) is 9.57. The molecule has 2 amide bonds. The third-order valence-corrected chi connectivity index (χ3v) is 7.56. The molecule has 0 aliphatic heterocycles. The largest absolute Gasteiger partial charge is 0.497 e. The van der Waals surface area contributed by atoms with Crippen LogP contribution in [0.25, 0.3) is 0 Å². The van der Waals surface area contributed by atoms with E-state index in [0.717, 1.165) is 28.1 Å². The van der Waals surface area contributed by atoms with Crippen molar-refractivity contribution in [3.05, 3.63) is 90.0 Å². The van der Waals surface area contributed by atoms with Crippen LogP contribution < -0.4 is 19.1 Å². The molecule has 0 heterocycles. The van der Waals surface area contributed by atoms with Crippen LogP contribution in [-0.2, 0) is 32.6 Å². The van der Waals surface area contributed by atoms with Gasteiger partial charge in [0.2, 0.25) is 21.8 Å². The number of anilines is 1. The number of sulfonamides is 1. The first-order valence-electron chi connectivity index (χ1n) is 13.6. The summed E-state index contributed by atoms with van der Waals surface area (Å²) in [6, 6.07) is 22.3. The van der Waals surface area contributed by atoms with Crippen LogP contribution in [0.15, 0.2) is 78.9 Å². The second-order valence-corrected chi connectivity index (χ2v) is 11.5. The lowest BCUT2D eigenvalue weighted by molar-refractivity contribution is -0.140. The van der Waals surface area contributed by atoms with Gasteiger partial charge >= 0.3 is 0 Å². The maximum absolute atomic E-state index is 14.1. The molecule has 0 fully saturated rings. The Morgan fingerprint density at radius 1 is 0.902 bits per heavy atom. The third kappa shape index (κ3) is 9.24. The number of hydrogen-bond donors (Lipinski definition) is 1. The molecule has 1 N–H and O–H groups in total. The molecule has 3 aromatic rings. The summed E-state index contributed by atoms with van der Waals surface area (Å²) in [6.45, 7) is 4.32. The lowest BCUT2D eigenvalue weighted by Crippen LogP contribution is -2.53. The SMILES string of the molecule is CCCNC(=O)C(Cc1ccccc1)N(Cc1cccc(OC)c1)C(=O)CN(c1ccc(OCC)cc1)S(C)(=O)=O. The van der Waals surface area contributed by atoms with Crippen molar-refractivity contribution in [1.82, 2.24) is 10.2 Å². The summed E-state index contributed by atoms with van der Waals surface area (Å²) in [6.07, 6.45) is 2.04. The van der Waals surface area contributed by atoms with E-state index in [-0.39, 0.29) is 18.9 Å². The number of hydrogen-bond acceptors (Lipinski definition) is 6. The third-order valence-electron chi connectivity index (χ3n) is 6.42. The quantitative estimate of drug-likeness (QED) is 0.291. The maximum Gasteiger partial charge on any atom is 0.244 e. The van der Waals surface area contributed by atoms with Crippen molar-refractivity contribution < 1.29 is 27.5 Å². The standard InChI is InChI=1S/C31H39N3O6S/c1-5-19-32-31(36)29(21-24-11-8-7-9-12-24)33(22-25-13-10-14-28(20-25)39-3)30(35)23-34(41(4,37)38)26-15-17-27(18-16-26)40-6-2/h7-18,20,29H,5-6,19,21-23H2,1-4H3,(H,32,36). The number of methoxy groups -OCH3 is 1. The highest BCUT2D eigenvalue weighted by atomic mass is 32.2. The molecule has 0 radical (unpaired) electrons. The van der Waals surface area contributed by atoms with Crippen LogP contribution in [0.1, 0.15) is 31.4 Å². The van der Waals surface area contributed by atoms with Gasteiger partial charge in [-0.25, -0.2) is 8.42 Å². The highest BCUT2D eigenvalue weighted by molar-refractivity contribution is 7.92. The molecule has 41 heavy (non-hydrogen) atoms. The lowest BCUT2D eigenvalue weighted by atomic mass is 10.0. The maximum atomic E-state index is 14.1. The van der Waals surface area contributed by atoms with Gasteiger partial charge in [-0.05, 0) is 60.9 Å². The van der Waals surface area contributed by atoms with Crippen molar-refractivity contribution in [2.24, 2.45) is 0 Å². The summed E-state index contributed by atoms with van der Waals surface area (Å²) in [7, 11) is -2.29. The number of benzene rings is 3. The first kappa shape index (κ1) is 31.5. The number of carbonyl (C=O) groups excluding carboxylic acids is 2. The number of carbonyl (C=O) groups is 2. The van der Waals surface area contributed by atoms with Gasteiger partial charge in [-0.3, -0.25) is 13.9 Å². The van der Waals surface area contributed by atoms with E-state index in [9.17, 15) is 18.0 Å². The summed E-state index contributed by atoms with van der Waals surface area (Å²) in [4.78, 5) is 29.1. The first-order valence-corrected chi connectivity index (χ1v) is 15.5. The van der Waals surface area contributed by atoms with E-state index in [1.807, 2.05) is 56.3 Å². The molecule has 0 bridgehead atoms. The first-order chi connectivity index (χ1) is 19.7. The summed E-state index contributed by atoms with van der Waals surface area (Å²) >= 11 is 0. The fourth-order valence-electron chi connectivity index (χ4n) is 4.38. The van der Waals surface area contributed by atoms with E-state index < -0.39 is 28.5 Å². The topological polar surface area (TPSA) is 105 Å². The Hall–Kier alpha value is -4.05. The van der Waals surface area contributed by atoms with Gasteiger partial charge in [0.25, 0.3) is 0 Å². The summed E-state index contributed by atoms with van der Waals surface area (Å²) in [5, 5.41) is 2.93. The molecule has 0 spiro atoms. The Balaban J connectivity index is 2.03. The second kappa shape index (κ2) is 15.1. The fourth-order valence-corrected chi connectivity index (χ4v) is 5.23. The van der Waals surface area contributed by atoms with Crippen LogP contribution >= 0.6 is 0 Å². The average Bonchev–Trinajstić information content (AvgIpc) is 2.97. The van der Waals surface area contributed by atoms with Gasteiger partial charge in [-0.1, -0.05) is 49.4 Å². The summed E-state index contributed by atoms with van der Waals surface area (Å²) in [5.74, 6) is 0.377. The lowest BCUT2D eigenvalue weighted by Gasteiger charge is -2.33. The van der Waals surface area contributed by atoms with Gasteiger partial charge in [0.05, 0.1) is 25.7 Å². The molecule has 1 atom stereocenters. The molecule has 0 saturated carbocycles. The van der Waals surface area contributed by atoms with Crippen molar-refractivity contribution in [2.75, 3.05) is 37.4 Å². The summed E-state index contributed by atoms with van der Waals surface area (Å²) in [5.41, 5.74) is 1.94. The number of nitrogens with one attached hydrogen (secondary N) is 1. The number of rotatable bonds is 15. The molecule has 0 aliphatic carbocycles. The zero-order valence-electron chi connectivity index (χ0n) is 24.1. The minimum atomic E-state index is -3.85. The van der Waals surface area contributed by atoms with Gasteiger partial charge in [0.15, 0.2) is 0 Å². The molecule has 0 saturated heterocycles. The highest BCUT2D eigenvalue weighted by Crippen LogP contribution is 2.24. The fraction of sp³-hybridized carbons (Fsp3) is 0.355. The van der Waals surface area contributed by atoms with Crippen LogP contribution in [0.4, 0.5) is 5.69 Å². The van der Waals surface area contributed by atoms with Crippen molar-refractivity contribution in [3.63, 3.8) is 0 Å². The normalized spacial score (nSPS) is 11.8. The van der Waals surface area contributed by atoms with Crippen LogP contribution in [0, 0.1) is 0 Å². The molecule has 9 nitrogen and oxygen atoms in total. The Bertz CT molecular complexity index is 1380. The van der Waals surface area contributed by atoms with Crippen molar-refractivity contribution >= 4 is 27.5 Å². The van der Waals surface area contributed by atoms with E-state index in [4.69, 9.17) is 9.47 Å². The zero-order chi connectivity index (χ0) is 29.8. The van der Waals surface area contributed by atoms with Crippen LogP contribution in [0.5, 0.6) is 11.5 Å². The van der Waals surface area contributed by atoms with Gasteiger partial charge in [-0.15, -0.1) is 0 Å². The minimum absolute atomic E-state index is 0.0773. The van der Waals surface area contributed by atoms with Gasteiger partial charge in [0, 0.05) is 19.5 Å². The van der Waals surface area contributed by atoms with E-state index in [2.05, 4.69) is 5.32 Å². The molecule has 220 valence electrons. The summed E-state index contributed by atoms with van der Waals surface area (Å²) < 4.78 is 37.7. The van der Waals surface area contributed by atoms with Gasteiger partial charge in [-0.2, -0.15) is 0 Å². The van der Waals surface area contributed by atoms with Crippen molar-refractivity contribution in [1.29, 1.82) is 0 Å². The Morgan fingerprint density at radius 2 is 1.59 bits per heavy atom. The predicted octanol–water partition coefficient (Wildman–Crippen LogP) is 4.03. The molecular weight excluding hydrogens is 542 g/mol. The molecule has 3 aromatic carbocycles. The molecular formula is C31H39N3O6S. The Kier molecular flexibility index (Phi) is 11.6. The molecule has 10 heteroatoms. The monoisotopic (exact) mass is 581 g/mol. The van der Waals surface area contributed by atoms with E-state index >= 15 is 0 Å². The number of amides is 2. The van der Waals surface area contributed by atoms with Crippen molar-refractivity contribution in [2.45, 2.75) is 39.3 Å². The zero-order valence-corrected chi connectivity index (χ0v) is 24.9. The molecule has 3 rings (SSSR count). The molecule has 1 unspecified atom stereocenters. The average molecular weight is 582 g/mol. The van der Waals surface area contributed by atoms with Crippen molar-refractivity contribution in [3.8, 4) is 11.5 Å². The smallest absolute Gasteiger partial charge is 0.244 e.